The molecule has 0 aliphatic rings. The predicted octanol–water partition coefficient (Wildman–Crippen LogP) is 3.92. The van der Waals surface area contributed by atoms with Crippen molar-refractivity contribution in [2.45, 2.75) is 0 Å². The Balaban J connectivity index is 2.27. The molecule has 0 aromatic heterocycles. The van der Waals surface area contributed by atoms with Crippen LogP contribution in [-0.2, 0) is 0 Å². The molecule has 0 fully saturated rings. The summed E-state index contributed by atoms with van der Waals surface area (Å²) in [6, 6.07) is 10.6. The van der Waals surface area contributed by atoms with Crippen molar-refractivity contribution in [2.75, 3.05) is 14.2 Å². The number of hydrogen-bond acceptors (Lipinski definition) is 4. The van der Waals surface area contributed by atoms with Crippen LogP contribution in [0, 0.1) is 0 Å². The highest BCUT2D eigenvalue weighted by atomic mass is 79.9. The van der Waals surface area contributed by atoms with E-state index in [-0.39, 0.29) is 5.75 Å². The lowest BCUT2D eigenvalue weighted by molar-refractivity contribution is 0.355. The van der Waals surface area contributed by atoms with Crippen molar-refractivity contribution < 1.29 is 14.6 Å². The molecule has 0 aliphatic carbocycles. The molecule has 0 amide bonds. The highest BCUT2D eigenvalue weighted by Gasteiger charge is 2.03. The van der Waals surface area contributed by atoms with Crippen LogP contribution in [0.25, 0.3) is 0 Å². The fourth-order valence-corrected chi connectivity index (χ4v) is 2.03. The van der Waals surface area contributed by atoms with Crippen molar-refractivity contribution in [1.82, 2.24) is 0 Å². The zero-order chi connectivity index (χ0) is 14.5. The van der Waals surface area contributed by atoms with Crippen molar-refractivity contribution >= 4 is 27.8 Å². The van der Waals surface area contributed by atoms with E-state index in [1.54, 1.807) is 32.6 Å². The van der Waals surface area contributed by atoms with Gasteiger partial charge in [-0.3, -0.25) is 4.99 Å². The third-order valence-corrected chi connectivity index (χ3v) is 3.19. The normalized spacial score (nSPS) is 10.8. The Hall–Kier alpha value is -2.01. The van der Waals surface area contributed by atoms with Crippen molar-refractivity contribution in [2.24, 2.45) is 4.99 Å². The summed E-state index contributed by atoms with van der Waals surface area (Å²) < 4.78 is 11.2. The van der Waals surface area contributed by atoms with E-state index in [1.807, 2.05) is 24.3 Å². The molecule has 0 spiro atoms. The van der Waals surface area contributed by atoms with Gasteiger partial charge in [-0.05, 0) is 42.0 Å². The molecule has 0 bridgehead atoms. The molecule has 2 aromatic carbocycles. The summed E-state index contributed by atoms with van der Waals surface area (Å²) in [4.78, 5) is 4.26. The van der Waals surface area contributed by atoms with Gasteiger partial charge in [-0.25, -0.2) is 0 Å². The molecular weight excluding hydrogens is 322 g/mol. The minimum absolute atomic E-state index is 0.121. The summed E-state index contributed by atoms with van der Waals surface area (Å²) in [6.45, 7) is 0. The molecule has 20 heavy (non-hydrogen) atoms. The van der Waals surface area contributed by atoms with Crippen LogP contribution >= 0.6 is 15.9 Å². The number of nitrogens with zero attached hydrogens (tertiary/aromatic N) is 1. The van der Waals surface area contributed by atoms with E-state index >= 15 is 0 Å². The number of benzene rings is 2. The summed E-state index contributed by atoms with van der Waals surface area (Å²) in [5.74, 6) is 1.42. The number of hydrogen-bond donors (Lipinski definition) is 1. The van der Waals surface area contributed by atoms with Crippen LogP contribution in [0.1, 0.15) is 5.56 Å². The Labute approximate surface area is 125 Å². The number of ether oxygens (including phenoxy) is 2. The average molecular weight is 336 g/mol. The molecule has 0 aliphatic heterocycles. The molecule has 0 heterocycles. The number of phenolic OH excluding ortho intramolecular Hbond substituents is 1. The highest BCUT2D eigenvalue weighted by molar-refractivity contribution is 9.10. The van der Waals surface area contributed by atoms with Gasteiger partial charge in [0, 0.05) is 10.7 Å². The van der Waals surface area contributed by atoms with Gasteiger partial charge in [0.15, 0.2) is 11.5 Å². The van der Waals surface area contributed by atoms with E-state index in [0.29, 0.717) is 17.2 Å². The third kappa shape index (κ3) is 3.30. The number of rotatable bonds is 4. The molecule has 2 aromatic rings. The lowest BCUT2D eigenvalue weighted by atomic mass is 10.2. The Kier molecular flexibility index (Phi) is 4.63. The molecule has 0 unspecified atom stereocenters. The zero-order valence-corrected chi connectivity index (χ0v) is 12.7. The van der Waals surface area contributed by atoms with E-state index in [2.05, 4.69) is 20.9 Å². The van der Waals surface area contributed by atoms with E-state index in [9.17, 15) is 5.11 Å². The largest absolute Gasteiger partial charge is 0.506 e. The van der Waals surface area contributed by atoms with Gasteiger partial charge in [0.25, 0.3) is 0 Å². The molecule has 0 radical (unpaired) electrons. The fraction of sp³-hybridized carbons (Fsp3) is 0.133. The van der Waals surface area contributed by atoms with Crippen molar-refractivity contribution in [3.8, 4) is 17.2 Å². The van der Waals surface area contributed by atoms with Crippen LogP contribution in [-0.4, -0.2) is 25.5 Å². The number of aromatic hydroxyl groups is 1. The Morgan fingerprint density at radius 2 is 1.80 bits per heavy atom. The minimum atomic E-state index is 0.121. The average Bonchev–Trinajstić information content (AvgIpc) is 2.46. The molecule has 5 heteroatoms. The van der Waals surface area contributed by atoms with Crippen LogP contribution in [0.15, 0.2) is 45.9 Å². The van der Waals surface area contributed by atoms with Crippen LogP contribution in [0.2, 0.25) is 0 Å². The molecule has 0 atom stereocenters. The van der Waals surface area contributed by atoms with Crippen molar-refractivity contribution in [1.29, 1.82) is 0 Å². The summed E-state index contributed by atoms with van der Waals surface area (Å²) in [5, 5.41) is 9.76. The van der Waals surface area contributed by atoms with Crippen LogP contribution in [0.4, 0.5) is 5.69 Å². The fourth-order valence-electron chi connectivity index (χ4n) is 1.68. The van der Waals surface area contributed by atoms with Gasteiger partial charge >= 0.3 is 0 Å². The monoisotopic (exact) mass is 335 g/mol. The molecule has 0 saturated heterocycles. The summed E-state index contributed by atoms with van der Waals surface area (Å²) in [7, 11) is 3.17. The van der Waals surface area contributed by atoms with E-state index in [4.69, 9.17) is 9.47 Å². The second kappa shape index (κ2) is 6.43. The van der Waals surface area contributed by atoms with E-state index < -0.39 is 0 Å². The first-order valence-electron chi connectivity index (χ1n) is 5.88. The quantitative estimate of drug-likeness (QED) is 0.861. The van der Waals surface area contributed by atoms with Gasteiger partial charge < -0.3 is 14.6 Å². The second-order valence-corrected chi connectivity index (χ2v) is 4.92. The van der Waals surface area contributed by atoms with Gasteiger partial charge in [0.1, 0.15) is 11.4 Å². The lowest BCUT2D eigenvalue weighted by Gasteiger charge is -2.07. The molecule has 2 rings (SSSR count). The predicted molar refractivity (Wildman–Crippen MR) is 82.6 cm³/mol. The summed E-state index contributed by atoms with van der Waals surface area (Å²) >= 11 is 3.28. The number of phenols is 1. The van der Waals surface area contributed by atoms with Gasteiger partial charge in [-0.1, -0.05) is 15.9 Å². The first-order chi connectivity index (χ1) is 9.63. The van der Waals surface area contributed by atoms with Gasteiger partial charge in [-0.2, -0.15) is 0 Å². The molecule has 0 saturated carbocycles. The Bertz CT molecular complexity index is 641. The maximum Gasteiger partial charge on any atom is 0.161 e. The molecule has 4 nitrogen and oxygen atoms in total. The number of halogens is 1. The number of methoxy groups -OCH3 is 2. The minimum Gasteiger partial charge on any atom is -0.506 e. The summed E-state index contributed by atoms with van der Waals surface area (Å²) in [5.41, 5.74) is 1.35. The second-order valence-electron chi connectivity index (χ2n) is 4.01. The van der Waals surface area contributed by atoms with E-state index in [1.165, 1.54) is 0 Å². The van der Waals surface area contributed by atoms with Gasteiger partial charge in [0.05, 0.1) is 14.2 Å². The first kappa shape index (κ1) is 14.4. The van der Waals surface area contributed by atoms with Gasteiger partial charge in [-0.15, -0.1) is 0 Å². The first-order valence-corrected chi connectivity index (χ1v) is 6.68. The topological polar surface area (TPSA) is 51.0 Å². The third-order valence-electron chi connectivity index (χ3n) is 2.70. The van der Waals surface area contributed by atoms with Crippen molar-refractivity contribution in [3.05, 3.63) is 46.4 Å². The standard InChI is InChI=1S/C15H14BrNO3/c1-19-14-6-3-10(7-15(14)20-2)9-17-12-5-4-11(16)8-13(12)18/h3-9,18H,1-2H3. The SMILES string of the molecule is COc1ccc(C=Nc2ccc(Br)cc2O)cc1OC. The smallest absolute Gasteiger partial charge is 0.161 e. The Morgan fingerprint density at radius 1 is 1.05 bits per heavy atom. The maximum absolute atomic E-state index is 9.76. The van der Waals surface area contributed by atoms with Crippen LogP contribution in [0.5, 0.6) is 17.2 Å². The van der Waals surface area contributed by atoms with Crippen LogP contribution < -0.4 is 9.47 Å². The maximum atomic E-state index is 9.76. The molecule has 1 N–H and O–H groups in total. The highest BCUT2D eigenvalue weighted by Crippen LogP contribution is 2.30. The summed E-state index contributed by atoms with van der Waals surface area (Å²) in [6.07, 6.45) is 1.66. The van der Waals surface area contributed by atoms with Gasteiger partial charge in [0.2, 0.25) is 0 Å². The Morgan fingerprint density at radius 3 is 2.45 bits per heavy atom. The van der Waals surface area contributed by atoms with Crippen molar-refractivity contribution in [3.63, 3.8) is 0 Å². The lowest BCUT2D eigenvalue weighted by Crippen LogP contribution is -1.91. The van der Waals surface area contributed by atoms with E-state index in [0.717, 1.165) is 10.0 Å². The molecular formula is C15H14BrNO3. The molecule has 104 valence electrons. The zero-order valence-electron chi connectivity index (χ0n) is 11.1. The van der Waals surface area contributed by atoms with Crippen LogP contribution in [0.3, 0.4) is 0 Å². The number of aliphatic imine (C=N–C) groups is 1.